The highest BCUT2D eigenvalue weighted by molar-refractivity contribution is 9.11. The molecule has 88 valence electrons. The van der Waals surface area contributed by atoms with E-state index in [1.807, 2.05) is 12.1 Å². The van der Waals surface area contributed by atoms with E-state index in [9.17, 15) is 4.79 Å². The number of hydrogen-bond acceptors (Lipinski definition) is 2. The maximum absolute atomic E-state index is 11.7. The molecule has 0 aliphatic heterocycles. The Morgan fingerprint density at radius 1 is 1.44 bits per heavy atom. The number of halogens is 1. The van der Waals surface area contributed by atoms with Crippen molar-refractivity contribution in [1.82, 2.24) is 5.32 Å². The molecule has 0 saturated heterocycles. The van der Waals surface area contributed by atoms with Crippen LogP contribution in [0.3, 0.4) is 0 Å². The van der Waals surface area contributed by atoms with Crippen LogP contribution in [0.2, 0.25) is 0 Å². The van der Waals surface area contributed by atoms with Crippen molar-refractivity contribution in [2.24, 2.45) is 5.92 Å². The Labute approximate surface area is 109 Å². The van der Waals surface area contributed by atoms with Crippen LogP contribution in [0.4, 0.5) is 0 Å². The lowest BCUT2D eigenvalue weighted by molar-refractivity contribution is 0.0955. The summed E-state index contributed by atoms with van der Waals surface area (Å²) < 4.78 is 1.01. The predicted molar refractivity (Wildman–Crippen MR) is 70.9 cm³/mol. The summed E-state index contributed by atoms with van der Waals surface area (Å²) in [5.74, 6) is 0.907. The van der Waals surface area contributed by atoms with Gasteiger partial charge in [-0.3, -0.25) is 4.79 Å². The van der Waals surface area contributed by atoms with Crippen LogP contribution in [0.15, 0.2) is 15.9 Å². The van der Waals surface area contributed by atoms with Crippen LogP contribution in [0.25, 0.3) is 0 Å². The summed E-state index contributed by atoms with van der Waals surface area (Å²) in [4.78, 5) is 12.5. The average Bonchev–Trinajstić information content (AvgIpc) is 2.89. The van der Waals surface area contributed by atoms with Crippen LogP contribution in [0.5, 0.6) is 0 Å². The van der Waals surface area contributed by atoms with Crippen molar-refractivity contribution < 1.29 is 4.79 Å². The van der Waals surface area contributed by atoms with Gasteiger partial charge in [0.2, 0.25) is 0 Å². The van der Waals surface area contributed by atoms with Crippen LogP contribution in [-0.4, -0.2) is 12.5 Å². The van der Waals surface area contributed by atoms with E-state index in [0.717, 1.165) is 27.5 Å². The molecule has 2 rings (SSSR count). The van der Waals surface area contributed by atoms with Crippen LogP contribution >= 0.6 is 27.3 Å². The highest BCUT2D eigenvalue weighted by atomic mass is 79.9. The summed E-state index contributed by atoms with van der Waals surface area (Å²) in [5.41, 5.74) is 0. The van der Waals surface area contributed by atoms with Crippen molar-refractivity contribution in [1.29, 1.82) is 0 Å². The second-order valence-electron chi connectivity index (χ2n) is 4.30. The molecule has 0 spiro atoms. The number of thiophene rings is 1. The third-order valence-electron chi connectivity index (χ3n) is 3.11. The van der Waals surface area contributed by atoms with Gasteiger partial charge in [-0.1, -0.05) is 25.7 Å². The maximum atomic E-state index is 11.7. The monoisotopic (exact) mass is 301 g/mol. The number of hydrogen-bond donors (Lipinski definition) is 1. The smallest absolute Gasteiger partial charge is 0.261 e. The first kappa shape index (κ1) is 12.1. The third-order valence-corrected chi connectivity index (χ3v) is 4.73. The average molecular weight is 302 g/mol. The second kappa shape index (κ2) is 5.82. The highest BCUT2D eigenvalue weighted by Crippen LogP contribution is 2.27. The lowest BCUT2D eigenvalue weighted by Gasteiger charge is -2.08. The molecule has 1 heterocycles. The molecule has 1 amide bonds. The minimum atomic E-state index is 0.0636. The summed E-state index contributed by atoms with van der Waals surface area (Å²) in [5, 5.41) is 2.99. The van der Waals surface area contributed by atoms with Gasteiger partial charge in [0, 0.05) is 6.54 Å². The number of amides is 1. The normalized spacial score (nSPS) is 16.6. The zero-order valence-corrected chi connectivity index (χ0v) is 11.6. The summed E-state index contributed by atoms with van der Waals surface area (Å²) in [7, 11) is 0. The second-order valence-corrected chi connectivity index (χ2v) is 6.76. The Hall–Kier alpha value is -0.350. The van der Waals surface area contributed by atoms with E-state index in [-0.39, 0.29) is 5.91 Å². The molecule has 4 heteroatoms. The van der Waals surface area contributed by atoms with Gasteiger partial charge in [-0.25, -0.2) is 0 Å². The number of carbonyl (C=O) groups excluding carboxylic acids is 1. The molecule has 0 unspecified atom stereocenters. The standard InChI is InChI=1S/C12H16BrNOS/c13-11-6-5-10(16-11)12(15)14-8-7-9-3-1-2-4-9/h5-6,9H,1-4,7-8H2,(H,14,15). The Kier molecular flexibility index (Phi) is 4.41. The molecular formula is C12H16BrNOS. The number of nitrogens with one attached hydrogen (secondary N) is 1. The van der Waals surface area contributed by atoms with Gasteiger partial charge in [0.25, 0.3) is 5.91 Å². The highest BCUT2D eigenvalue weighted by Gasteiger charge is 2.15. The maximum Gasteiger partial charge on any atom is 0.261 e. The van der Waals surface area contributed by atoms with Crippen molar-refractivity contribution in [3.05, 3.63) is 20.8 Å². The SMILES string of the molecule is O=C(NCCC1CCCC1)c1ccc(Br)s1. The van der Waals surface area contributed by atoms with Crippen molar-refractivity contribution in [2.45, 2.75) is 32.1 Å². The number of rotatable bonds is 4. The molecule has 0 radical (unpaired) electrons. The van der Waals surface area contributed by atoms with E-state index in [2.05, 4.69) is 21.2 Å². The van der Waals surface area contributed by atoms with Crippen LogP contribution in [-0.2, 0) is 0 Å². The summed E-state index contributed by atoms with van der Waals surface area (Å²) >= 11 is 4.84. The molecule has 16 heavy (non-hydrogen) atoms. The van der Waals surface area contributed by atoms with Crippen molar-refractivity contribution >= 4 is 33.2 Å². The van der Waals surface area contributed by atoms with Gasteiger partial charge in [-0.05, 0) is 40.4 Å². The van der Waals surface area contributed by atoms with Crippen molar-refractivity contribution in [3.8, 4) is 0 Å². The summed E-state index contributed by atoms with van der Waals surface area (Å²) in [6, 6.07) is 3.77. The molecule has 1 saturated carbocycles. The van der Waals surface area contributed by atoms with Crippen molar-refractivity contribution in [3.63, 3.8) is 0 Å². The fourth-order valence-electron chi connectivity index (χ4n) is 2.21. The van der Waals surface area contributed by atoms with E-state index in [1.165, 1.54) is 37.0 Å². The van der Waals surface area contributed by atoms with E-state index < -0.39 is 0 Å². The summed E-state index contributed by atoms with van der Waals surface area (Å²) in [6.07, 6.45) is 6.58. The lowest BCUT2D eigenvalue weighted by Crippen LogP contribution is -2.24. The first-order chi connectivity index (χ1) is 7.75. The quantitative estimate of drug-likeness (QED) is 0.900. The fourth-order valence-corrected chi connectivity index (χ4v) is 3.51. The molecule has 0 bridgehead atoms. The minimum Gasteiger partial charge on any atom is -0.351 e. The molecule has 0 aromatic carbocycles. The zero-order valence-electron chi connectivity index (χ0n) is 9.17. The Morgan fingerprint density at radius 3 is 2.81 bits per heavy atom. The molecule has 1 aromatic rings. The first-order valence-corrected chi connectivity index (χ1v) is 7.40. The van der Waals surface area contributed by atoms with E-state index in [4.69, 9.17) is 0 Å². The molecule has 1 fully saturated rings. The van der Waals surface area contributed by atoms with Gasteiger partial charge in [0.15, 0.2) is 0 Å². The lowest BCUT2D eigenvalue weighted by atomic mass is 10.0. The van der Waals surface area contributed by atoms with E-state index in [0.29, 0.717) is 0 Å². The first-order valence-electron chi connectivity index (χ1n) is 5.79. The van der Waals surface area contributed by atoms with Gasteiger partial charge in [0.1, 0.15) is 0 Å². The molecule has 1 aliphatic rings. The topological polar surface area (TPSA) is 29.1 Å². The van der Waals surface area contributed by atoms with E-state index >= 15 is 0 Å². The zero-order chi connectivity index (χ0) is 11.4. The Bertz CT molecular complexity index is 358. The van der Waals surface area contributed by atoms with E-state index in [1.54, 1.807) is 0 Å². The summed E-state index contributed by atoms with van der Waals surface area (Å²) in [6.45, 7) is 0.818. The van der Waals surface area contributed by atoms with Gasteiger partial charge in [-0.2, -0.15) is 0 Å². The third kappa shape index (κ3) is 3.32. The molecule has 2 nitrogen and oxygen atoms in total. The van der Waals surface area contributed by atoms with Crippen LogP contribution in [0, 0.1) is 5.92 Å². The van der Waals surface area contributed by atoms with Crippen LogP contribution < -0.4 is 5.32 Å². The molecular weight excluding hydrogens is 286 g/mol. The molecule has 1 N–H and O–H groups in total. The van der Waals surface area contributed by atoms with Crippen LogP contribution in [0.1, 0.15) is 41.8 Å². The minimum absolute atomic E-state index is 0.0636. The molecule has 1 aliphatic carbocycles. The number of carbonyl (C=O) groups is 1. The van der Waals surface area contributed by atoms with Gasteiger partial charge >= 0.3 is 0 Å². The van der Waals surface area contributed by atoms with Gasteiger partial charge < -0.3 is 5.32 Å². The molecule has 0 atom stereocenters. The van der Waals surface area contributed by atoms with Crippen molar-refractivity contribution in [2.75, 3.05) is 6.54 Å². The fraction of sp³-hybridized carbons (Fsp3) is 0.583. The Balaban J connectivity index is 1.71. The van der Waals surface area contributed by atoms with Gasteiger partial charge in [-0.15, -0.1) is 11.3 Å². The Morgan fingerprint density at radius 2 is 2.19 bits per heavy atom. The molecule has 1 aromatic heterocycles. The van der Waals surface area contributed by atoms with Gasteiger partial charge in [0.05, 0.1) is 8.66 Å². The largest absolute Gasteiger partial charge is 0.351 e. The predicted octanol–water partition coefficient (Wildman–Crippen LogP) is 3.82.